The van der Waals surface area contributed by atoms with Gasteiger partial charge >= 0.3 is 0 Å². The van der Waals surface area contributed by atoms with Gasteiger partial charge in [0, 0.05) is 40.5 Å². The van der Waals surface area contributed by atoms with Crippen molar-refractivity contribution in [2.75, 3.05) is 5.75 Å². The van der Waals surface area contributed by atoms with E-state index in [1.165, 1.54) is 6.42 Å². The first-order chi connectivity index (χ1) is 18.1. The smallest absolute Gasteiger partial charge is 0.243 e. The lowest BCUT2D eigenvalue weighted by molar-refractivity contribution is -0.141. The molecule has 0 unspecified atom stereocenters. The van der Waals surface area contributed by atoms with Crippen molar-refractivity contribution in [3.63, 3.8) is 0 Å². The molecule has 1 fully saturated rings. The fourth-order valence-corrected chi connectivity index (χ4v) is 6.16. The number of rotatable bonds is 11. The molecule has 1 atom stereocenters. The van der Waals surface area contributed by atoms with Crippen LogP contribution in [0.3, 0.4) is 0 Å². The Balaban J connectivity index is 1.56. The minimum Gasteiger partial charge on any atom is -0.352 e. The number of thioether (sulfide) groups is 1. The third-order valence-electron chi connectivity index (χ3n) is 6.79. The van der Waals surface area contributed by atoms with E-state index in [0.717, 1.165) is 46.2 Å². The lowest BCUT2D eigenvalue weighted by atomic mass is 9.94. The van der Waals surface area contributed by atoms with Crippen molar-refractivity contribution in [3.8, 4) is 0 Å². The zero-order valence-electron chi connectivity index (χ0n) is 21.2. The number of carbonyl (C=O) groups excluding carboxylic acids is 2. The van der Waals surface area contributed by atoms with Crippen LogP contribution in [0.2, 0.25) is 0 Å². The number of halogens is 1. The monoisotopic (exact) mass is 578 g/mol. The van der Waals surface area contributed by atoms with Gasteiger partial charge in [-0.15, -0.1) is 11.8 Å². The topological polar surface area (TPSA) is 49.4 Å². The van der Waals surface area contributed by atoms with E-state index in [2.05, 4.69) is 33.4 Å². The van der Waals surface area contributed by atoms with Crippen LogP contribution in [0.5, 0.6) is 0 Å². The average Bonchev–Trinajstić information content (AvgIpc) is 2.92. The summed E-state index contributed by atoms with van der Waals surface area (Å²) in [6.07, 6.45) is 6.40. The number of benzene rings is 3. The summed E-state index contributed by atoms with van der Waals surface area (Å²) < 4.78 is 0.961. The molecule has 37 heavy (non-hydrogen) atoms. The minimum atomic E-state index is -0.572. The molecule has 194 valence electrons. The summed E-state index contributed by atoms with van der Waals surface area (Å²) >= 11 is 5.23. The van der Waals surface area contributed by atoms with E-state index in [1.54, 1.807) is 16.7 Å². The molecule has 0 heterocycles. The Morgan fingerprint density at radius 2 is 1.57 bits per heavy atom. The molecule has 0 aliphatic heterocycles. The molecule has 0 spiro atoms. The maximum absolute atomic E-state index is 13.8. The highest BCUT2D eigenvalue weighted by Crippen LogP contribution is 2.23. The number of amides is 2. The number of nitrogens with one attached hydrogen (secondary N) is 1. The standard InChI is InChI=1S/C31H35BrN2O2S/c32-26-14-10-13-25(21-26)23-34(30(35)19-20-37-28-17-8-3-9-18-28)29(22-24-11-4-1-5-12-24)31(36)33-27-15-6-2-7-16-27/h1,3-5,8-14,17-18,21,27,29H,2,6-7,15-16,19-20,22-23H2,(H,33,36)/t29-/m0/s1. The zero-order chi connectivity index (χ0) is 25.9. The molecule has 0 aromatic heterocycles. The van der Waals surface area contributed by atoms with Crippen LogP contribution in [0.15, 0.2) is 94.3 Å². The molecule has 1 N–H and O–H groups in total. The van der Waals surface area contributed by atoms with Gasteiger partial charge in [0.05, 0.1) is 0 Å². The Hall–Kier alpha value is -2.57. The number of carbonyl (C=O) groups is 2. The van der Waals surface area contributed by atoms with Gasteiger partial charge in [0.25, 0.3) is 0 Å². The molecule has 2 amide bonds. The van der Waals surface area contributed by atoms with Crippen LogP contribution in [0, 0.1) is 0 Å². The van der Waals surface area contributed by atoms with E-state index in [-0.39, 0.29) is 17.9 Å². The summed E-state index contributed by atoms with van der Waals surface area (Å²) in [7, 11) is 0. The van der Waals surface area contributed by atoms with Crippen molar-refractivity contribution < 1.29 is 9.59 Å². The van der Waals surface area contributed by atoms with Crippen LogP contribution < -0.4 is 5.32 Å². The average molecular weight is 580 g/mol. The largest absolute Gasteiger partial charge is 0.352 e. The van der Waals surface area contributed by atoms with E-state index in [4.69, 9.17) is 0 Å². The highest BCUT2D eigenvalue weighted by molar-refractivity contribution is 9.10. The summed E-state index contributed by atoms with van der Waals surface area (Å²) in [4.78, 5) is 30.5. The van der Waals surface area contributed by atoms with Crippen LogP contribution in [0.25, 0.3) is 0 Å². The molecule has 3 aromatic rings. The van der Waals surface area contributed by atoms with Crippen molar-refractivity contribution >= 4 is 39.5 Å². The first-order valence-corrected chi connectivity index (χ1v) is 14.9. The summed E-state index contributed by atoms with van der Waals surface area (Å²) in [5.74, 6) is 0.623. The second-order valence-corrected chi connectivity index (χ2v) is 11.7. The first kappa shape index (κ1) is 27.5. The van der Waals surface area contributed by atoms with E-state index in [0.29, 0.717) is 25.1 Å². The Morgan fingerprint density at radius 3 is 2.27 bits per heavy atom. The second kappa shape index (κ2) is 14.4. The molecule has 4 rings (SSSR count). The molecular weight excluding hydrogens is 544 g/mol. The third-order valence-corrected chi connectivity index (χ3v) is 8.30. The van der Waals surface area contributed by atoms with Gasteiger partial charge in [0.2, 0.25) is 11.8 Å². The third kappa shape index (κ3) is 8.75. The molecule has 1 aliphatic rings. The lowest BCUT2D eigenvalue weighted by Gasteiger charge is -2.33. The fraction of sp³-hybridized carbons (Fsp3) is 0.355. The van der Waals surface area contributed by atoms with Gasteiger partial charge in [-0.25, -0.2) is 0 Å². The summed E-state index contributed by atoms with van der Waals surface area (Å²) in [5.41, 5.74) is 2.05. The van der Waals surface area contributed by atoms with Crippen LogP contribution in [0.4, 0.5) is 0 Å². The highest BCUT2D eigenvalue weighted by atomic mass is 79.9. The molecule has 0 saturated heterocycles. The molecule has 4 nitrogen and oxygen atoms in total. The van der Waals surface area contributed by atoms with Crippen molar-refractivity contribution in [1.29, 1.82) is 0 Å². The maximum Gasteiger partial charge on any atom is 0.243 e. The molecule has 0 bridgehead atoms. The Morgan fingerprint density at radius 1 is 0.892 bits per heavy atom. The van der Waals surface area contributed by atoms with Crippen molar-refractivity contribution in [2.24, 2.45) is 0 Å². The van der Waals surface area contributed by atoms with Crippen LogP contribution in [0.1, 0.15) is 49.7 Å². The Kier molecular flexibility index (Phi) is 10.7. The predicted octanol–water partition coefficient (Wildman–Crippen LogP) is 7.02. The maximum atomic E-state index is 13.8. The van der Waals surface area contributed by atoms with Gasteiger partial charge in [0.15, 0.2) is 0 Å². The molecule has 1 aliphatic carbocycles. The first-order valence-electron chi connectivity index (χ1n) is 13.1. The van der Waals surface area contributed by atoms with Crippen molar-refractivity contribution in [2.45, 2.75) is 68.5 Å². The fourth-order valence-electron chi connectivity index (χ4n) is 4.85. The zero-order valence-corrected chi connectivity index (χ0v) is 23.6. The summed E-state index contributed by atoms with van der Waals surface area (Å²) in [6.45, 7) is 0.393. The van der Waals surface area contributed by atoms with E-state index in [9.17, 15) is 9.59 Å². The molecular formula is C31H35BrN2O2S. The van der Waals surface area contributed by atoms with Gasteiger partial charge in [0.1, 0.15) is 6.04 Å². The summed E-state index contributed by atoms with van der Waals surface area (Å²) in [6, 6.07) is 27.8. The highest BCUT2D eigenvalue weighted by Gasteiger charge is 2.31. The van der Waals surface area contributed by atoms with Crippen LogP contribution in [-0.2, 0) is 22.6 Å². The number of nitrogens with zero attached hydrogens (tertiary/aromatic N) is 1. The minimum absolute atomic E-state index is 0.00290. The van der Waals surface area contributed by atoms with E-state index < -0.39 is 6.04 Å². The number of hydrogen-bond donors (Lipinski definition) is 1. The van der Waals surface area contributed by atoms with Gasteiger partial charge < -0.3 is 10.2 Å². The molecule has 0 radical (unpaired) electrons. The van der Waals surface area contributed by atoms with Crippen molar-refractivity contribution in [1.82, 2.24) is 10.2 Å². The van der Waals surface area contributed by atoms with Gasteiger partial charge in [-0.3, -0.25) is 9.59 Å². The Bertz CT molecular complexity index is 1140. The predicted molar refractivity (Wildman–Crippen MR) is 155 cm³/mol. The molecule has 1 saturated carbocycles. The Labute approximate surface area is 233 Å². The van der Waals surface area contributed by atoms with Gasteiger partial charge in [-0.2, -0.15) is 0 Å². The van der Waals surface area contributed by atoms with E-state index >= 15 is 0 Å². The van der Waals surface area contributed by atoms with Crippen LogP contribution in [-0.4, -0.2) is 34.6 Å². The quantitative estimate of drug-likeness (QED) is 0.249. The number of hydrogen-bond acceptors (Lipinski definition) is 3. The van der Waals surface area contributed by atoms with Crippen LogP contribution >= 0.6 is 27.7 Å². The lowest BCUT2D eigenvalue weighted by Crippen LogP contribution is -2.52. The van der Waals surface area contributed by atoms with Crippen molar-refractivity contribution in [3.05, 3.63) is 101 Å². The summed E-state index contributed by atoms with van der Waals surface area (Å²) in [5, 5.41) is 3.31. The SMILES string of the molecule is O=C(NC1CCCCC1)[C@H](Cc1ccccc1)N(Cc1cccc(Br)c1)C(=O)CCSc1ccccc1. The normalized spacial score (nSPS) is 14.6. The molecule has 3 aromatic carbocycles. The molecule has 6 heteroatoms. The van der Waals surface area contributed by atoms with Gasteiger partial charge in [-0.1, -0.05) is 95.9 Å². The van der Waals surface area contributed by atoms with Gasteiger partial charge in [-0.05, 0) is 48.2 Å². The second-order valence-electron chi connectivity index (χ2n) is 9.61. The van der Waals surface area contributed by atoms with E-state index in [1.807, 2.05) is 72.8 Å².